The molecular weight excluding hydrogens is 433 g/mol. The number of carbonyl (C=O) groups is 1. The van der Waals surface area contributed by atoms with E-state index >= 15 is 0 Å². The number of carbonyl (C=O) groups excluding carboxylic acids is 1. The molecule has 0 bridgehead atoms. The molecule has 33 heavy (non-hydrogen) atoms. The van der Waals surface area contributed by atoms with Crippen molar-refractivity contribution in [2.45, 2.75) is 38.3 Å². The Labute approximate surface area is 188 Å². The number of anilines is 1. The fourth-order valence-electron chi connectivity index (χ4n) is 5.74. The molecule has 2 aromatic heterocycles. The maximum atomic E-state index is 13.7. The third-order valence-electron chi connectivity index (χ3n) is 7.34. The zero-order chi connectivity index (χ0) is 22.7. The number of aromatic nitrogens is 3. The first-order valence-electron chi connectivity index (χ1n) is 11.3. The van der Waals surface area contributed by atoms with E-state index in [-0.39, 0.29) is 23.7 Å². The minimum absolute atomic E-state index is 0.0253. The van der Waals surface area contributed by atoms with Gasteiger partial charge in [0.2, 0.25) is 5.91 Å². The summed E-state index contributed by atoms with van der Waals surface area (Å²) in [7, 11) is 0. The molecule has 5 atom stereocenters. The summed E-state index contributed by atoms with van der Waals surface area (Å²) in [5.41, 5.74) is 0.991. The molecule has 3 saturated carbocycles. The maximum absolute atomic E-state index is 13.7. The van der Waals surface area contributed by atoms with Crippen LogP contribution in [-0.4, -0.2) is 26.8 Å². The van der Waals surface area contributed by atoms with Gasteiger partial charge in [-0.15, -0.1) is 0 Å². The van der Waals surface area contributed by atoms with Crippen molar-refractivity contribution in [1.29, 1.82) is 0 Å². The summed E-state index contributed by atoms with van der Waals surface area (Å²) in [5, 5.41) is 7.05. The van der Waals surface area contributed by atoms with Crippen molar-refractivity contribution in [1.82, 2.24) is 14.8 Å². The highest BCUT2D eigenvalue weighted by Crippen LogP contribution is 2.64. The number of alkyl halides is 2. The molecule has 1 amide bonds. The summed E-state index contributed by atoms with van der Waals surface area (Å²) in [6, 6.07) is 6.24. The van der Waals surface area contributed by atoms with Crippen molar-refractivity contribution >= 4 is 22.5 Å². The highest BCUT2D eigenvalue weighted by molar-refractivity contribution is 5.93. The molecule has 3 fully saturated rings. The van der Waals surface area contributed by atoms with Gasteiger partial charge in [0, 0.05) is 17.5 Å². The Balaban J connectivity index is 1.11. The van der Waals surface area contributed by atoms with E-state index in [4.69, 9.17) is 4.74 Å². The largest absolute Gasteiger partial charge is 0.490 e. The second kappa shape index (κ2) is 7.74. The number of halogens is 3. The van der Waals surface area contributed by atoms with Gasteiger partial charge in [-0.3, -0.25) is 9.78 Å². The smallest absolute Gasteiger partial charge is 0.333 e. The Bertz CT molecular complexity index is 1200. The molecule has 0 saturated heterocycles. The minimum Gasteiger partial charge on any atom is -0.490 e. The highest BCUT2D eigenvalue weighted by Gasteiger charge is 2.63. The van der Waals surface area contributed by atoms with Crippen LogP contribution in [0.5, 0.6) is 5.75 Å². The quantitative estimate of drug-likeness (QED) is 0.541. The second-order valence-corrected chi connectivity index (χ2v) is 9.43. The van der Waals surface area contributed by atoms with Crippen LogP contribution in [0.15, 0.2) is 42.9 Å². The number of amides is 1. The summed E-state index contributed by atoms with van der Waals surface area (Å²) in [6.07, 6.45) is 7.87. The van der Waals surface area contributed by atoms with Crippen LogP contribution in [-0.2, 0) is 4.79 Å². The van der Waals surface area contributed by atoms with Crippen LogP contribution in [0.1, 0.15) is 32.2 Å². The zero-order valence-corrected chi connectivity index (χ0v) is 17.7. The average Bonchev–Trinajstić information content (AvgIpc) is 3.62. The van der Waals surface area contributed by atoms with Gasteiger partial charge in [-0.25, -0.2) is 9.07 Å². The minimum atomic E-state index is -2.73. The van der Waals surface area contributed by atoms with Crippen molar-refractivity contribution < 1.29 is 22.7 Å². The number of fused-ring (bicyclic) bond motifs is 2. The summed E-state index contributed by atoms with van der Waals surface area (Å²) in [6.45, 7) is -2.73. The standard InChI is InChI=1S/C24H23F3N4O2/c25-13-3-4-19-18(7-13)20(5-6-28-19)33-15-8-16-17(9-15)22(16)21(12-1-2-12)23(32)30-14-10-29-31(11-14)24(26)27/h3-7,10-12,15-17,21-22,24H,1-2,8-9H2,(H,30,32)/t15-,16-,17+,21?,22-. The fraction of sp³-hybridized carbons (Fsp3) is 0.458. The molecule has 3 aliphatic carbocycles. The number of ether oxygens (including phenoxy) is 1. The Hall–Kier alpha value is -3.10. The Morgan fingerprint density at radius 2 is 1.97 bits per heavy atom. The molecule has 0 spiro atoms. The van der Waals surface area contributed by atoms with Gasteiger partial charge in [0.05, 0.1) is 29.7 Å². The number of nitrogens with zero attached hydrogens (tertiary/aromatic N) is 3. The number of pyridine rings is 1. The number of nitrogens with one attached hydrogen (secondary N) is 1. The van der Waals surface area contributed by atoms with E-state index in [1.807, 2.05) is 0 Å². The monoisotopic (exact) mass is 456 g/mol. The summed E-state index contributed by atoms with van der Waals surface area (Å²) in [5.74, 6) is 1.60. The first kappa shape index (κ1) is 20.5. The first-order chi connectivity index (χ1) is 16.0. The van der Waals surface area contributed by atoms with E-state index in [1.54, 1.807) is 18.3 Å². The van der Waals surface area contributed by atoms with Gasteiger partial charge >= 0.3 is 6.55 Å². The van der Waals surface area contributed by atoms with Gasteiger partial charge in [-0.2, -0.15) is 13.9 Å². The summed E-state index contributed by atoms with van der Waals surface area (Å²) < 4.78 is 46.0. The lowest BCUT2D eigenvalue weighted by Crippen LogP contribution is -2.29. The van der Waals surface area contributed by atoms with Crippen LogP contribution < -0.4 is 10.1 Å². The predicted molar refractivity (Wildman–Crippen MR) is 114 cm³/mol. The van der Waals surface area contributed by atoms with E-state index in [1.165, 1.54) is 18.3 Å². The molecule has 1 unspecified atom stereocenters. The van der Waals surface area contributed by atoms with E-state index in [0.29, 0.717) is 50.7 Å². The summed E-state index contributed by atoms with van der Waals surface area (Å²) in [4.78, 5) is 17.3. The van der Waals surface area contributed by atoms with Crippen molar-refractivity contribution in [3.05, 3.63) is 48.7 Å². The van der Waals surface area contributed by atoms with E-state index < -0.39 is 6.55 Å². The van der Waals surface area contributed by atoms with Crippen LogP contribution >= 0.6 is 0 Å². The van der Waals surface area contributed by atoms with Crippen LogP contribution in [0, 0.1) is 35.4 Å². The molecule has 0 aliphatic heterocycles. The second-order valence-electron chi connectivity index (χ2n) is 9.43. The Morgan fingerprint density at radius 1 is 1.18 bits per heavy atom. The number of benzene rings is 1. The molecule has 9 heteroatoms. The van der Waals surface area contributed by atoms with Crippen LogP contribution in [0.3, 0.4) is 0 Å². The number of hydrogen-bond acceptors (Lipinski definition) is 4. The molecule has 0 radical (unpaired) electrons. The molecular formula is C24H23F3N4O2. The van der Waals surface area contributed by atoms with Crippen molar-refractivity contribution in [2.24, 2.45) is 29.6 Å². The summed E-state index contributed by atoms with van der Waals surface area (Å²) >= 11 is 0. The van der Waals surface area contributed by atoms with Crippen molar-refractivity contribution in [2.75, 3.05) is 5.32 Å². The van der Waals surface area contributed by atoms with Crippen LogP contribution in [0.25, 0.3) is 10.9 Å². The molecule has 6 rings (SSSR count). The van der Waals surface area contributed by atoms with Gasteiger partial charge in [0.25, 0.3) is 0 Å². The fourth-order valence-corrected chi connectivity index (χ4v) is 5.74. The zero-order valence-electron chi connectivity index (χ0n) is 17.7. The average molecular weight is 456 g/mol. The topological polar surface area (TPSA) is 69.0 Å². The van der Waals surface area contributed by atoms with Crippen molar-refractivity contribution in [3.63, 3.8) is 0 Å². The molecule has 172 valence electrons. The van der Waals surface area contributed by atoms with Crippen LogP contribution in [0.2, 0.25) is 0 Å². The molecule has 1 aromatic carbocycles. The van der Waals surface area contributed by atoms with Gasteiger partial charge in [-0.1, -0.05) is 0 Å². The highest BCUT2D eigenvalue weighted by atomic mass is 19.3. The molecule has 3 aliphatic rings. The lowest BCUT2D eigenvalue weighted by molar-refractivity contribution is -0.121. The Morgan fingerprint density at radius 3 is 2.67 bits per heavy atom. The third kappa shape index (κ3) is 3.83. The molecule has 3 aromatic rings. The lowest BCUT2D eigenvalue weighted by atomic mass is 9.91. The van der Waals surface area contributed by atoms with E-state index in [9.17, 15) is 18.0 Å². The normalized spacial score (nSPS) is 26.9. The van der Waals surface area contributed by atoms with Crippen molar-refractivity contribution in [3.8, 4) is 5.75 Å². The Kier molecular flexibility index (Phi) is 4.81. The SMILES string of the molecule is O=C(Nc1cnn(C(F)F)c1)C(C1CC1)[C@@H]1[C@@H]2C[C@@H](Oc3ccnc4ccc(F)cc34)C[C@@H]21. The molecule has 1 N–H and O–H groups in total. The van der Waals surface area contributed by atoms with Gasteiger partial charge in [-0.05, 0) is 73.6 Å². The lowest BCUT2D eigenvalue weighted by Gasteiger charge is -2.22. The molecule has 2 heterocycles. The number of hydrogen-bond donors (Lipinski definition) is 1. The van der Waals surface area contributed by atoms with Crippen LogP contribution in [0.4, 0.5) is 18.9 Å². The first-order valence-corrected chi connectivity index (χ1v) is 11.3. The maximum Gasteiger partial charge on any atom is 0.333 e. The van der Waals surface area contributed by atoms with E-state index in [2.05, 4.69) is 15.4 Å². The molecule has 6 nitrogen and oxygen atoms in total. The van der Waals surface area contributed by atoms with Gasteiger partial charge in [0.1, 0.15) is 11.6 Å². The van der Waals surface area contributed by atoms with Gasteiger partial charge in [0.15, 0.2) is 0 Å². The third-order valence-corrected chi connectivity index (χ3v) is 7.34. The number of rotatable bonds is 7. The predicted octanol–water partition coefficient (Wildman–Crippen LogP) is 5.03. The van der Waals surface area contributed by atoms with E-state index in [0.717, 1.165) is 31.9 Å². The van der Waals surface area contributed by atoms with Gasteiger partial charge < -0.3 is 10.1 Å².